The Bertz CT molecular complexity index is 620. The molecular weight excluding hydrogens is 230 g/mol. The fraction of sp³-hybridized carbons (Fsp3) is 0.231. The third kappa shape index (κ3) is 2.51. The highest BCUT2D eigenvalue weighted by molar-refractivity contribution is 5.62. The monoisotopic (exact) mass is 245 g/mol. The smallest absolute Gasteiger partial charge is 0.252 e. The number of aromatic nitrogens is 2. The second-order valence-electron chi connectivity index (χ2n) is 3.93. The average Bonchev–Trinajstić information content (AvgIpc) is 2.30. The number of nitrogens with zero attached hydrogens (tertiary/aromatic N) is 1. The molecule has 1 heterocycles. The van der Waals surface area contributed by atoms with Gasteiger partial charge in [-0.05, 0) is 37.6 Å². The number of ether oxygens (including phenoxy) is 1. The molecule has 0 saturated carbocycles. The first-order valence-electron chi connectivity index (χ1n) is 5.71. The Morgan fingerprint density at radius 1 is 1.39 bits per heavy atom. The van der Waals surface area contributed by atoms with Gasteiger partial charge < -0.3 is 10.5 Å². The van der Waals surface area contributed by atoms with Gasteiger partial charge in [0.1, 0.15) is 5.75 Å². The zero-order valence-corrected chi connectivity index (χ0v) is 10.4. The molecule has 5 nitrogen and oxygen atoms in total. The normalized spacial score (nSPS) is 10.3. The van der Waals surface area contributed by atoms with Crippen molar-refractivity contribution in [2.75, 3.05) is 12.3 Å². The van der Waals surface area contributed by atoms with Crippen LogP contribution in [0.4, 0.5) is 5.95 Å². The maximum absolute atomic E-state index is 11.3. The van der Waals surface area contributed by atoms with Gasteiger partial charge in [0.15, 0.2) is 0 Å². The zero-order chi connectivity index (χ0) is 13.1. The lowest BCUT2D eigenvalue weighted by atomic mass is 10.1. The van der Waals surface area contributed by atoms with Gasteiger partial charge >= 0.3 is 0 Å². The molecule has 0 aliphatic rings. The number of nitrogens with two attached hydrogens (primary N) is 1. The Morgan fingerprint density at radius 3 is 2.78 bits per heavy atom. The largest absolute Gasteiger partial charge is 0.494 e. The van der Waals surface area contributed by atoms with Gasteiger partial charge in [0.25, 0.3) is 5.56 Å². The standard InChI is InChI=1S/C13H15N3O2/c1-3-18-11-5-4-9(6-8(11)2)10-7-12(17)16-13(14)15-10/h4-7H,3H2,1-2H3,(H3,14,15,16,17). The molecule has 1 aromatic heterocycles. The molecule has 0 radical (unpaired) electrons. The number of benzene rings is 1. The van der Waals surface area contributed by atoms with Crippen LogP contribution in [0.3, 0.4) is 0 Å². The van der Waals surface area contributed by atoms with Gasteiger partial charge in [0.05, 0.1) is 12.3 Å². The van der Waals surface area contributed by atoms with E-state index in [-0.39, 0.29) is 11.5 Å². The van der Waals surface area contributed by atoms with E-state index >= 15 is 0 Å². The van der Waals surface area contributed by atoms with E-state index in [1.54, 1.807) is 0 Å². The lowest BCUT2D eigenvalue weighted by Gasteiger charge is -2.08. The number of hydrogen-bond donors (Lipinski definition) is 2. The second-order valence-corrected chi connectivity index (χ2v) is 3.93. The van der Waals surface area contributed by atoms with Gasteiger partial charge in [-0.3, -0.25) is 9.78 Å². The highest BCUT2D eigenvalue weighted by Gasteiger charge is 2.05. The van der Waals surface area contributed by atoms with Crippen LogP contribution in [0.1, 0.15) is 12.5 Å². The van der Waals surface area contributed by atoms with E-state index in [0.29, 0.717) is 12.3 Å². The highest BCUT2D eigenvalue weighted by Crippen LogP contribution is 2.24. The minimum Gasteiger partial charge on any atom is -0.494 e. The predicted octanol–water partition coefficient (Wildman–Crippen LogP) is 1.73. The van der Waals surface area contributed by atoms with Crippen molar-refractivity contribution in [3.8, 4) is 17.0 Å². The Kier molecular flexibility index (Phi) is 3.32. The molecular formula is C13H15N3O2. The van der Waals surface area contributed by atoms with Crippen LogP contribution >= 0.6 is 0 Å². The molecule has 5 heteroatoms. The fourth-order valence-corrected chi connectivity index (χ4v) is 1.75. The van der Waals surface area contributed by atoms with E-state index in [2.05, 4.69) is 9.97 Å². The number of nitrogens with one attached hydrogen (secondary N) is 1. The summed E-state index contributed by atoms with van der Waals surface area (Å²) in [5.41, 5.74) is 7.66. The quantitative estimate of drug-likeness (QED) is 0.862. The molecule has 3 N–H and O–H groups in total. The molecule has 0 aliphatic heterocycles. The van der Waals surface area contributed by atoms with Crippen LogP contribution in [-0.2, 0) is 0 Å². The number of anilines is 1. The predicted molar refractivity (Wildman–Crippen MR) is 70.6 cm³/mol. The topological polar surface area (TPSA) is 81.0 Å². The maximum atomic E-state index is 11.3. The van der Waals surface area contributed by atoms with E-state index < -0.39 is 0 Å². The summed E-state index contributed by atoms with van der Waals surface area (Å²) in [6.07, 6.45) is 0. The first-order chi connectivity index (χ1) is 8.60. The fourth-order valence-electron chi connectivity index (χ4n) is 1.75. The number of nitrogen functional groups attached to an aromatic ring is 1. The lowest BCUT2D eigenvalue weighted by molar-refractivity contribution is 0.338. The molecule has 0 aliphatic carbocycles. The maximum Gasteiger partial charge on any atom is 0.252 e. The Labute approximate surface area is 105 Å². The SMILES string of the molecule is CCOc1ccc(-c2cc(=O)[nH]c(N)n2)cc1C. The van der Waals surface area contributed by atoms with Crippen molar-refractivity contribution in [1.29, 1.82) is 0 Å². The van der Waals surface area contributed by atoms with Gasteiger partial charge in [-0.25, -0.2) is 4.98 Å². The number of aryl methyl sites for hydroxylation is 1. The number of aromatic amines is 1. The third-order valence-corrected chi connectivity index (χ3v) is 2.53. The van der Waals surface area contributed by atoms with Crippen molar-refractivity contribution < 1.29 is 4.74 Å². The number of H-pyrrole nitrogens is 1. The molecule has 1 aromatic carbocycles. The van der Waals surface area contributed by atoms with Gasteiger partial charge in [-0.15, -0.1) is 0 Å². The van der Waals surface area contributed by atoms with Crippen molar-refractivity contribution in [2.24, 2.45) is 0 Å². The van der Waals surface area contributed by atoms with Crippen molar-refractivity contribution in [3.63, 3.8) is 0 Å². The highest BCUT2D eigenvalue weighted by atomic mass is 16.5. The number of rotatable bonds is 3. The summed E-state index contributed by atoms with van der Waals surface area (Å²) in [4.78, 5) is 17.9. The molecule has 2 aromatic rings. The molecule has 18 heavy (non-hydrogen) atoms. The molecule has 0 bridgehead atoms. The Balaban J connectivity index is 2.45. The molecule has 94 valence electrons. The Hall–Kier alpha value is -2.30. The minimum absolute atomic E-state index is 0.115. The molecule has 0 amide bonds. The van der Waals surface area contributed by atoms with Crippen LogP contribution in [-0.4, -0.2) is 16.6 Å². The zero-order valence-electron chi connectivity index (χ0n) is 10.4. The second kappa shape index (κ2) is 4.91. The van der Waals surface area contributed by atoms with E-state index in [9.17, 15) is 4.79 Å². The van der Waals surface area contributed by atoms with Gasteiger partial charge in [0.2, 0.25) is 5.95 Å². The molecule has 0 fully saturated rings. The van der Waals surface area contributed by atoms with Gasteiger partial charge in [0, 0.05) is 11.6 Å². The average molecular weight is 245 g/mol. The van der Waals surface area contributed by atoms with Crippen LogP contribution < -0.4 is 16.0 Å². The van der Waals surface area contributed by atoms with Crippen molar-refractivity contribution in [2.45, 2.75) is 13.8 Å². The molecule has 2 rings (SSSR count). The Morgan fingerprint density at radius 2 is 2.17 bits per heavy atom. The van der Waals surface area contributed by atoms with E-state index in [4.69, 9.17) is 10.5 Å². The lowest BCUT2D eigenvalue weighted by Crippen LogP contribution is -2.10. The summed E-state index contributed by atoms with van der Waals surface area (Å²) in [6, 6.07) is 7.07. The van der Waals surface area contributed by atoms with Crippen LogP contribution in [0.5, 0.6) is 5.75 Å². The molecule has 0 unspecified atom stereocenters. The summed E-state index contributed by atoms with van der Waals surface area (Å²) in [7, 11) is 0. The molecule has 0 spiro atoms. The summed E-state index contributed by atoms with van der Waals surface area (Å²) in [6.45, 7) is 4.51. The summed E-state index contributed by atoms with van der Waals surface area (Å²) >= 11 is 0. The van der Waals surface area contributed by atoms with Crippen molar-refractivity contribution in [1.82, 2.24) is 9.97 Å². The molecule has 0 saturated heterocycles. The van der Waals surface area contributed by atoms with Gasteiger partial charge in [-0.2, -0.15) is 0 Å². The third-order valence-electron chi connectivity index (χ3n) is 2.53. The van der Waals surface area contributed by atoms with E-state index in [1.165, 1.54) is 6.07 Å². The van der Waals surface area contributed by atoms with Crippen LogP contribution in [0.25, 0.3) is 11.3 Å². The van der Waals surface area contributed by atoms with Crippen LogP contribution in [0, 0.1) is 6.92 Å². The van der Waals surface area contributed by atoms with Crippen LogP contribution in [0.2, 0.25) is 0 Å². The minimum atomic E-state index is -0.260. The summed E-state index contributed by atoms with van der Waals surface area (Å²) in [5, 5.41) is 0. The summed E-state index contributed by atoms with van der Waals surface area (Å²) < 4.78 is 5.46. The van der Waals surface area contributed by atoms with E-state index in [1.807, 2.05) is 32.0 Å². The summed E-state index contributed by atoms with van der Waals surface area (Å²) in [5.74, 6) is 0.947. The molecule has 0 atom stereocenters. The first kappa shape index (κ1) is 12.2. The first-order valence-corrected chi connectivity index (χ1v) is 5.71. The van der Waals surface area contributed by atoms with E-state index in [0.717, 1.165) is 16.9 Å². The van der Waals surface area contributed by atoms with Crippen molar-refractivity contribution in [3.05, 3.63) is 40.2 Å². The van der Waals surface area contributed by atoms with Gasteiger partial charge in [-0.1, -0.05) is 0 Å². The number of hydrogen-bond acceptors (Lipinski definition) is 4. The van der Waals surface area contributed by atoms with Crippen LogP contribution in [0.15, 0.2) is 29.1 Å². The van der Waals surface area contributed by atoms with Crippen molar-refractivity contribution >= 4 is 5.95 Å².